The van der Waals surface area contributed by atoms with Crippen molar-refractivity contribution in [1.82, 2.24) is 4.98 Å². The summed E-state index contributed by atoms with van der Waals surface area (Å²) in [6.45, 7) is -0.110. The Balaban J connectivity index is 3.04. The second-order valence-corrected chi connectivity index (χ2v) is 2.13. The van der Waals surface area contributed by atoms with Gasteiger partial charge < -0.3 is 0 Å². The first kappa shape index (κ1) is 9.02. The molecule has 0 atom stereocenters. The van der Waals surface area contributed by atoms with Crippen LogP contribution in [0.25, 0.3) is 0 Å². The van der Waals surface area contributed by atoms with E-state index in [1.807, 2.05) is 0 Å². The van der Waals surface area contributed by atoms with Crippen LogP contribution in [0.1, 0.15) is 5.69 Å². The molecule has 0 N–H and O–H groups in total. The lowest BCUT2D eigenvalue weighted by Crippen LogP contribution is -1.96. The van der Waals surface area contributed by atoms with Gasteiger partial charge in [-0.3, -0.25) is 15.1 Å². The highest BCUT2D eigenvalue weighted by atomic mass is 16.6. The molecule has 0 saturated heterocycles. The number of aromatic nitrogens is 1. The lowest BCUT2D eigenvalue weighted by molar-refractivity contribution is -0.385. The number of hydrogen-bond acceptors (Lipinski definition) is 5. The molecular weight excluding hydrogens is 174 g/mol. The van der Waals surface area contributed by atoms with Crippen LogP contribution in [-0.2, 0) is 11.3 Å². The average Bonchev–Trinajstić information content (AvgIpc) is 2.15. The summed E-state index contributed by atoms with van der Waals surface area (Å²) < 4.78 is 0. The van der Waals surface area contributed by atoms with Gasteiger partial charge in [0, 0.05) is 12.3 Å². The fourth-order valence-electron chi connectivity index (χ4n) is 0.825. The second-order valence-electron chi connectivity index (χ2n) is 2.13. The Bertz CT molecular complexity index is 371. The van der Waals surface area contributed by atoms with Crippen molar-refractivity contribution in [3.8, 4) is 0 Å². The van der Waals surface area contributed by atoms with E-state index in [2.05, 4.69) is 9.98 Å². The van der Waals surface area contributed by atoms with Crippen LogP contribution in [0.5, 0.6) is 0 Å². The van der Waals surface area contributed by atoms with Crippen LogP contribution in [0.4, 0.5) is 5.69 Å². The topological polar surface area (TPSA) is 85.5 Å². The maximum absolute atomic E-state index is 10.4. The fraction of sp³-hybridized carbons (Fsp3) is 0.143. The number of carbonyl (C=O) groups excluding carboxylic acids is 1. The van der Waals surface area contributed by atoms with Gasteiger partial charge in [0.05, 0.1) is 4.92 Å². The summed E-state index contributed by atoms with van der Waals surface area (Å²) in [5.41, 5.74) is 0.0253. The summed E-state index contributed by atoms with van der Waals surface area (Å²) in [7, 11) is 0. The summed E-state index contributed by atoms with van der Waals surface area (Å²) in [5, 5.41) is 10.4. The molecule has 6 heteroatoms. The molecule has 0 amide bonds. The van der Waals surface area contributed by atoms with Gasteiger partial charge in [-0.25, -0.2) is 4.79 Å². The first-order valence-electron chi connectivity index (χ1n) is 3.37. The molecule has 0 aliphatic heterocycles. The molecule has 6 nitrogen and oxygen atoms in total. The van der Waals surface area contributed by atoms with Crippen molar-refractivity contribution in [3.63, 3.8) is 0 Å². The Morgan fingerprint density at radius 3 is 3.08 bits per heavy atom. The minimum atomic E-state index is -0.567. The van der Waals surface area contributed by atoms with E-state index in [4.69, 9.17) is 0 Å². The third kappa shape index (κ3) is 2.18. The van der Waals surface area contributed by atoms with Crippen molar-refractivity contribution >= 4 is 11.8 Å². The SMILES string of the molecule is O=C=NCc1ncccc1[N+](=O)[O-]. The first-order chi connectivity index (χ1) is 6.25. The van der Waals surface area contributed by atoms with E-state index < -0.39 is 4.92 Å². The van der Waals surface area contributed by atoms with Crippen LogP contribution in [0.15, 0.2) is 23.3 Å². The van der Waals surface area contributed by atoms with E-state index in [0.717, 1.165) is 0 Å². The zero-order valence-electron chi connectivity index (χ0n) is 6.51. The van der Waals surface area contributed by atoms with Crippen molar-refractivity contribution in [2.45, 2.75) is 6.54 Å². The number of hydrogen-bond donors (Lipinski definition) is 0. The van der Waals surface area contributed by atoms with Crippen LogP contribution >= 0.6 is 0 Å². The molecule has 1 aromatic heterocycles. The van der Waals surface area contributed by atoms with Gasteiger partial charge in [0.25, 0.3) is 5.69 Å². The zero-order chi connectivity index (χ0) is 9.68. The summed E-state index contributed by atoms with van der Waals surface area (Å²) in [6.07, 6.45) is 2.70. The van der Waals surface area contributed by atoms with Crippen LogP contribution in [0.2, 0.25) is 0 Å². The maximum atomic E-state index is 10.4. The Hall–Kier alpha value is -2.07. The molecule has 0 bridgehead atoms. The van der Waals surface area contributed by atoms with Crippen LogP contribution < -0.4 is 0 Å². The van der Waals surface area contributed by atoms with Gasteiger partial charge in [0.2, 0.25) is 6.08 Å². The number of nitrogens with zero attached hydrogens (tertiary/aromatic N) is 3. The molecular formula is C7H5N3O3. The monoisotopic (exact) mass is 179 g/mol. The molecule has 0 radical (unpaired) electrons. The third-order valence-corrected chi connectivity index (χ3v) is 1.36. The van der Waals surface area contributed by atoms with Gasteiger partial charge in [0.1, 0.15) is 12.2 Å². The standard InChI is InChI=1S/C7H5N3O3/c11-5-8-4-6-7(10(12)13)2-1-3-9-6/h1-3H,4H2. The molecule has 0 saturated carbocycles. The largest absolute Gasteiger partial charge is 0.292 e. The summed E-state index contributed by atoms with van der Waals surface area (Å²) in [6, 6.07) is 2.76. The van der Waals surface area contributed by atoms with Gasteiger partial charge in [-0.05, 0) is 6.07 Å². The Labute approximate surface area is 73.1 Å². The minimum absolute atomic E-state index is 0.110. The molecule has 1 rings (SSSR count). The van der Waals surface area contributed by atoms with Crippen molar-refractivity contribution in [3.05, 3.63) is 34.1 Å². The minimum Gasteiger partial charge on any atom is -0.258 e. The first-order valence-corrected chi connectivity index (χ1v) is 3.37. The van der Waals surface area contributed by atoms with Crippen LogP contribution in [0, 0.1) is 10.1 Å². The predicted octanol–water partition coefficient (Wildman–Crippen LogP) is 0.826. The Morgan fingerprint density at radius 2 is 2.46 bits per heavy atom. The van der Waals surface area contributed by atoms with Gasteiger partial charge in [-0.1, -0.05) is 0 Å². The Morgan fingerprint density at radius 1 is 1.69 bits per heavy atom. The van der Waals surface area contributed by atoms with Crippen molar-refractivity contribution in [1.29, 1.82) is 0 Å². The molecule has 0 aliphatic carbocycles. The van der Waals surface area contributed by atoms with Crippen molar-refractivity contribution in [2.75, 3.05) is 0 Å². The van der Waals surface area contributed by atoms with Crippen molar-refractivity contribution < 1.29 is 9.72 Å². The smallest absolute Gasteiger partial charge is 0.258 e. The number of isocyanates is 1. The molecule has 1 aromatic rings. The molecule has 0 unspecified atom stereocenters. The lowest BCUT2D eigenvalue weighted by Gasteiger charge is -1.95. The number of pyridine rings is 1. The molecule has 0 spiro atoms. The molecule has 0 fully saturated rings. The normalized spacial score (nSPS) is 8.92. The molecule has 0 aliphatic rings. The Kier molecular flexibility index (Phi) is 2.83. The van der Waals surface area contributed by atoms with E-state index >= 15 is 0 Å². The molecule has 13 heavy (non-hydrogen) atoms. The van der Waals surface area contributed by atoms with E-state index in [1.165, 1.54) is 24.4 Å². The summed E-state index contributed by atoms with van der Waals surface area (Å²) >= 11 is 0. The van der Waals surface area contributed by atoms with Crippen LogP contribution in [0.3, 0.4) is 0 Å². The third-order valence-electron chi connectivity index (χ3n) is 1.36. The highest BCUT2D eigenvalue weighted by Crippen LogP contribution is 2.15. The van der Waals surface area contributed by atoms with Crippen molar-refractivity contribution in [2.24, 2.45) is 4.99 Å². The van der Waals surface area contributed by atoms with E-state index in [9.17, 15) is 14.9 Å². The summed E-state index contributed by atoms with van der Waals surface area (Å²) in [4.78, 5) is 26.5. The predicted molar refractivity (Wildman–Crippen MR) is 42.7 cm³/mol. The quantitative estimate of drug-likeness (QED) is 0.297. The average molecular weight is 179 g/mol. The zero-order valence-corrected chi connectivity index (χ0v) is 6.51. The van der Waals surface area contributed by atoms with Gasteiger partial charge in [-0.15, -0.1) is 0 Å². The summed E-state index contributed by atoms with van der Waals surface area (Å²) in [5.74, 6) is 0. The highest BCUT2D eigenvalue weighted by Gasteiger charge is 2.12. The number of rotatable bonds is 3. The van der Waals surface area contributed by atoms with E-state index in [0.29, 0.717) is 0 Å². The fourth-order valence-corrected chi connectivity index (χ4v) is 0.825. The highest BCUT2D eigenvalue weighted by molar-refractivity contribution is 5.37. The number of aliphatic imine (C=N–C) groups is 1. The van der Waals surface area contributed by atoms with Gasteiger partial charge in [0.15, 0.2) is 0 Å². The van der Waals surface area contributed by atoms with Gasteiger partial charge >= 0.3 is 0 Å². The maximum Gasteiger partial charge on any atom is 0.292 e. The van der Waals surface area contributed by atoms with Gasteiger partial charge in [-0.2, -0.15) is 4.99 Å². The second kappa shape index (κ2) is 4.08. The molecule has 0 aromatic carbocycles. The van der Waals surface area contributed by atoms with Crippen LogP contribution in [-0.4, -0.2) is 16.0 Å². The molecule has 1 heterocycles. The van der Waals surface area contributed by atoms with E-state index in [-0.39, 0.29) is 17.9 Å². The number of nitro groups is 1. The van der Waals surface area contributed by atoms with E-state index in [1.54, 1.807) is 0 Å². The molecule has 66 valence electrons. The lowest BCUT2D eigenvalue weighted by atomic mass is 10.3.